The minimum Gasteiger partial charge on any atom is -0.507 e. The van der Waals surface area contributed by atoms with Crippen molar-refractivity contribution in [2.45, 2.75) is 52.4 Å². The van der Waals surface area contributed by atoms with E-state index in [2.05, 4.69) is 5.32 Å². The molecular weight excluding hydrogens is 369 g/mol. The van der Waals surface area contributed by atoms with Crippen molar-refractivity contribution in [3.8, 4) is 5.75 Å². The van der Waals surface area contributed by atoms with Crippen molar-refractivity contribution in [3.63, 3.8) is 0 Å². The second-order valence-corrected chi connectivity index (χ2v) is 9.34. The van der Waals surface area contributed by atoms with Crippen molar-refractivity contribution in [2.24, 2.45) is 0 Å². The van der Waals surface area contributed by atoms with Gasteiger partial charge in [-0.15, -0.1) is 0 Å². The summed E-state index contributed by atoms with van der Waals surface area (Å²) in [6, 6.07) is 8.38. The molecule has 2 N–H and O–H groups in total. The first kappa shape index (κ1) is 20.6. The van der Waals surface area contributed by atoms with Gasteiger partial charge in [0.05, 0.1) is 10.7 Å². The summed E-state index contributed by atoms with van der Waals surface area (Å²) in [5.74, 6) is -0.0625. The molecule has 2 aromatic carbocycles. The van der Waals surface area contributed by atoms with E-state index in [1.807, 2.05) is 41.5 Å². The average Bonchev–Trinajstić information content (AvgIpc) is 2.48. The number of anilines is 1. The Bertz CT molecular complexity index is 811. The van der Waals surface area contributed by atoms with Crippen molar-refractivity contribution in [3.05, 3.63) is 57.1 Å². The number of phenolic OH excluding ortho intramolecular Hbond substituents is 1. The van der Waals surface area contributed by atoms with E-state index >= 15 is 0 Å². The Hall–Kier alpha value is -1.71. The number of hydrogen-bond donors (Lipinski definition) is 2. The quantitative estimate of drug-likeness (QED) is 0.607. The number of nitrogens with one attached hydrogen (secondary N) is 1. The molecule has 1 amide bonds. The second-order valence-electron chi connectivity index (χ2n) is 8.50. The molecule has 0 saturated heterocycles. The van der Waals surface area contributed by atoms with E-state index in [9.17, 15) is 9.90 Å². The lowest BCUT2D eigenvalue weighted by Gasteiger charge is -2.28. The smallest absolute Gasteiger partial charge is 0.255 e. The van der Waals surface area contributed by atoms with E-state index in [1.165, 1.54) is 0 Å². The molecule has 2 rings (SSSR count). The molecule has 0 aliphatic carbocycles. The Morgan fingerprint density at radius 1 is 0.923 bits per heavy atom. The minimum atomic E-state index is -0.311. The first-order valence-electron chi connectivity index (χ1n) is 8.45. The van der Waals surface area contributed by atoms with E-state index in [-0.39, 0.29) is 22.5 Å². The zero-order valence-corrected chi connectivity index (χ0v) is 17.5. The summed E-state index contributed by atoms with van der Waals surface area (Å²) in [4.78, 5) is 12.9. The SMILES string of the molecule is CC(C)(C)c1cc(C(=O)Nc2cc(Cl)ccc2Cl)cc(C(C)(C)C)c1O. The Labute approximate surface area is 165 Å². The maximum atomic E-state index is 12.9. The van der Waals surface area contributed by atoms with Gasteiger partial charge < -0.3 is 10.4 Å². The fourth-order valence-corrected chi connectivity index (χ4v) is 3.03. The zero-order chi connectivity index (χ0) is 19.9. The number of carbonyl (C=O) groups is 1. The Kier molecular flexibility index (Phi) is 5.65. The van der Waals surface area contributed by atoms with Gasteiger partial charge in [0.15, 0.2) is 0 Å². The number of halogens is 2. The van der Waals surface area contributed by atoms with Gasteiger partial charge in [0.1, 0.15) is 5.75 Å². The molecule has 0 aromatic heterocycles. The van der Waals surface area contributed by atoms with Gasteiger partial charge in [0.2, 0.25) is 0 Å². The highest BCUT2D eigenvalue weighted by molar-refractivity contribution is 6.35. The normalized spacial score (nSPS) is 12.2. The van der Waals surface area contributed by atoms with Crippen LogP contribution in [0.25, 0.3) is 0 Å². The van der Waals surface area contributed by atoms with Gasteiger partial charge in [-0.05, 0) is 41.2 Å². The number of benzene rings is 2. The maximum Gasteiger partial charge on any atom is 0.255 e. The molecule has 0 atom stereocenters. The van der Waals surface area contributed by atoms with Crippen LogP contribution in [0.1, 0.15) is 63.0 Å². The Morgan fingerprint density at radius 2 is 1.42 bits per heavy atom. The minimum absolute atomic E-state index is 0.238. The molecule has 0 spiro atoms. The van der Waals surface area contributed by atoms with Gasteiger partial charge in [-0.1, -0.05) is 64.7 Å². The molecule has 140 valence electrons. The van der Waals surface area contributed by atoms with Crippen LogP contribution in [0.2, 0.25) is 10.0 Å². The number of rotatable bonds is 2. The van der Waals surface area contributed by atoms with Crippen LogP contribution in [0.4, 0.5) is 5.69 Å². The molecule has 0 bridgehead atoms. The molecule has 2 aromatic rings. The monoisotopic (exact) mass is 393 g/mol. The van der Waals surface area contributed by atoms with Crippen LogP contribution in [-0.4, -0.2) is 11.0 Å². The first-order chi connectivity index (χ1) is 11.8. The number of phenols is 1. The highest BCUT2D eigenvalue weighted by atomic mass is 35.5. The molecule has 0 saturated carbocycles. The summed E-state index contributed by atoms with van der Waals surface area (Å²) in [5.41, 5.74) is 1.75. The summed E-state index contributed by atoms with van der Waals surface area (Å²) < 4.78 is 0. The number of amides is 1. The molecule has 0 unspecified atom stereocenters. The Balaban J connectivity index is 2.55. The molecule has 3 nitrogen and oxygen atoms in total. The molecule has 0 heterocycles. The van der Waals surface area contributed by atoms with E-state index < -0.39 is 0 Å². The van der Waals surface area contributed by atoms with Crippen molar-refractivity contribution in [2.75, 3.05) is 5.32 Å². The van der Waals surface area contributed by atoms with Gasteiger partial charge in [-0.25, -0.2) is 0 Å². The van der Waals surface area contributed by atoms with E-state index in [1.54, 1.807) is 30.3 Å². The maximum absolute atomic E-state index is 12.9. The fraction of sp³-hybridized carbons (Fsp3) is 0.381. The van der Waals surface area contributed by atoms with Crippen LogP contribution in [0, 0.1) is 0 Å². The predicted molar refractivity (Wildman–Crippen MR) is 110 cm³/mol. The van der Waals surface area contributed by atoms with Crippen molar-refractivity contribution in [1.82, 2.24) is 0 Å². The summed E-state index contributed by atoms with van der Waals surface area (Å²) in [6.07, 6.45) is 0. The lowest BCUT2D eigenvalue weighted by atomic mass is 9.78. The largest absolute Gasteiger partial charge is 0.507 e. The van der Waals surface area contributed by atoms with Crippen LogP contribution >= 0.6 is 23.2 Å². The van der Waals surface area contributed by atoms with Crippen LogP contribution in [0.3, 0.4) is 0 Å². The number of carbonyl (C=O) groups excluding carboxylic acids is 1. The van der Waals surface area contributed by atoms with E-state index in [4.69, 9.17) is 23.2 Å². The summed E-state index contributed by atoms with van der Waals surface area (Å²) >= 11 is 12.1. The van der Waals surface area contributed by atoms with Gasteiger partial charge in [0.25, 0.3) is 5.91 Å². The first-order valence-corrected chi connectivity index (χ1v) is 9.20. The molecule has 26 heavy (non-hydrogen) atoms. The van der Waals surface area contributed by atoms with Gasteiger partial charge >= 0.3 is 0 Å². The summed E-state index contributed by atoms with van der Waals surface area (Å²) in [7, 11) is 0. The number of hydrogen-bond acceptors (Lipinski definition) is 2. The topological polar surface area (TPSA) is 49.3 Å². The lowest BCUT2D eigenvalue weighted by Crippen LogP contribution is -2.20. The Morgan fingerprint density at radius 3 is 1.88 bits per heavy atom. The molecule has 0 aliphatic rings. The zero-order valence-electron chi connectivity index (χ0n) is 16.0. The lowest BCUT2D eigenvalue weighted by molar-refractivity contribution is 0.102. The highest BCUT2D eigenvalue weighted by Crippen LogP contribution is 2.40. The summed E-state index contributed by atoms with van der Waals surface area (Å²) in [5, 5.41) is 14.5. The third kappa shape index (κ3) is 4.52. The molecule has 0 aliphatic heterocycles. The van der Waals surface area contributed by atoms with E-state index in [0.29, 0.717) is 21.3 Å². The van der Waals surface area contributed by atoms with Crippen LogP contribution < -0.4 is 5.32 Å². The molecule has 5 heteroatoms. The van der Waals surface area contributed by atoms with Crippen molar-refractivity contribution < 1.29 is 9.90 Å². The average molecular weight is 394 g/mol. The standard InChI is InChI=1S/C21H25Cl2NO2/c1-20(2,3)14-9-12(10-15(18(14)25)21(4,5)6)19(26)24-17-11-13(22)7-8-16(17)23/h7-11,25H,1-6H3,(H,24,26). The fourth-order valence-electron chi connectivity index (χ4n) is 2.70. The molecule has 0 fully saturated rings. The third-order valence-electron chi connectivity index (χ3n) is 4.16. The van der Waals surface area contributed by atoms with Crippen molar-refractivity contribution >= 4 is 34.8 Å². The molecular formula is C21H25Cl2NO2. The molecule has 0 radical (unpaired) electrons. The summed E-state index contributed by atoms with van der Waals surface area (Å²) in [6.45, 7) is 12.0. The second kappa shape index (κ2) is 7.13. The van der Waals surface area contributed by atoms with Crippen molar-refractivity contribution in [1.29, 1.82) is 0 Å². The van der Waals surface area contributed by atoms with Gasteiger partial charge in [-0.3, -0.25) is 4.79 Å². The number of aromatic hydroxyl groups is 1. The highest BCUT2D eigenvalue weighted by Gasteiger charge is 2.28. The van der Waals surface area contributed by atoms with Crippen LogP contribution in [0.5, 0.6) is 5.75 Å². The third-order valence-corrected chi connectivity index (χ3v) is 4.73. The van der Waals surface area contributed by atoms with Crippen LogP contribution in [0.15, 0.2) is 30.3 Å². The van der Waals surface area contributed by atoms with Gasteiger partial charge in [-0.2, -0.15) is 0 Å². The predicted octanol–water partition coefficient (Wildman–Crippen LogP) is 6.55. The van der Waals surface area contributed by atoms with Crippen LogP contribution in [-0.2, 0) is 10.8 Å². The van der Waals surface area contributed by atoms with Gasteiger partial charge in [0, 0.05) is 21.7 Å². The van der Waals surface area contributed by atoms with E-state index in [0.717, 1.165) is 11.1 Å².